The van der Waals surface area contributed by atoms with Crippen LogP contribution in [0.4, 0.5) is 0 Å². The maximum absolute atomic E-state index is 6.57. The Morgan fingerprint density at radius 3 is 2.33 bits per heavy atom. The predicted molar refractivity (Wildman–Crippen MR) is 142 cm³/mol. The summed E-state index contributed by atoms with van der Waals surface area (Å²) in [4.78, 5) is 9.61. The van der Waals surface area contributed by atoms with Crippen LogP contribution in [0, 0.1) is 0 Å². The van der Waals surface area contributed by atoms with Gasteiger partial charge < -0.3 is 5.73 Å². The molecule has 0 atom stereocenters. The Morgan fingerprint density at radius 1 is 0.806 bits per heavy atom. The zero-order valence-electron chi connectivity index (χ0n) is 19.7. The van der Waals surface area contributed by atoms with Gasteiger partial charge in [-0.05, 0) is 54.7 Å². The Hall–Kier alpha value is -4.42. The van der Waals surface area contributed by atoms with E-state index in [1.54, 1.807) is 6.20 Å². The van der Waals surface area contributed by atoms with E-state index in [0.717, 1.165) is 57.5 Å². The van der Waals surface area contributed by atoms with Crippen LogP contribution in [0.25, 0.3) is 50.5 Å². The third-order valence-electron chi connectivity index (χ3n) is 7.33. The summed E-state index contributed by atoms with van der Waals surface area (Å²) in [5.41, 5.74) is 14.2. The molecule has 4 aromatic heterocycles. The number of pyridine rings is 3. The second kappa shape index (κ2) is 8.07. The molecular formula is C30H24N6. The molecule has 0 unspecified atom stereocenters. The number of hydrogen-bond donors (Lipinski definition) is 1. The summed E-state index contributed by atoms with van der Waals surface area (Å²) < 4.78 is 1.98. The summed E-state index contributed by atoms with van der Waals surface area (Å²) in [6, 6.07) is 29.0. The van der Waals surface area contributed by atoms with Crippen molar-refractivity contribution in [2.75, 3.05) is 0 Å². The standard InChI is InChI=1S/C30H24N6/c31-30(15-6-16-30)22-12-10-21(11-13-22)27-23(20-7-2-1-3-8-20)19-24-25(33-27)14-18-36-28(24)34-35-29(36)26-9-4-5-17-32-26/h1-5,7-14,17-19H,6,15-16,31H2. The number of nitrogens with zero attached hydrogens (tertiary/aromatic N) is 5. The molecule has 0 amide bonds. The van der Waals surface area contributed by atoms with Gasteiger partial charge in [0.25, 0.3) is 0 Å². The Bertz CT molecular complexity index is 1700. The van der Waals surface area contributed by atoms with Crippen LogP contribution in [0.5, 0.6) is 0 Å². The number of aromatic nitrogens is 5. The van der Waals surface area contributed by atoms with Crippen molar-refractivity contribution in [1.82, 2.24) is 24.6 Å². The molecule has 6 heteroatoms. The molecule has 1 fully saturated rings. The molecule has 4 heterocycles. The molecule has 1 aliphatic carbocycles. The molecular weight excluding hydrogens is 444 g/mol. The minimum Gasteiger partial charge on any atom is -0.321 e. The van der Waals surface area contributed by atoms with E-state index in [0.29, 0.717) is 5.82 Å². The molecule has 0 saturated heterocycles. The zero-order valence-corrected chi connectivity index (χ0v) is 19.7. The average Bonchev–Trinajstić information content (AvgIpc) is 3.37. The zero-order chi connectivity index (χ0) is 24.1. The van der Waals surface area contributed by atoms with E-state index >= 15 is 0 Å². The van der Waals surface area contributed by atoms with E-state index in [2.05, 4.69) is 69.8 Å². The van der Waals surface area contributed by atoms with Crippen molar-refractivity contribution in [2.24, 2.45) is 5.73 Å². The molecule has 0 bridgehead atoms. The van der Waals surface area contributed by atoms with Gasteiger partial charge in [-0.25, -0.2) is 4.98 Å². The van der Waals surface area contributed by atoms with Gasteiger partial charge in [0.2, 0.25) is 0 Å². The van der Waals surface area contributed by atoms with Crippen molar-refractivity contribution in [3.8, 4) is 33.9 Å². The number of nitrogens with two attached hydrogens (primary N) is 1. The summed E-state index contributed by atoms with van der Waals surface area (Å²) >= 11 is 0. The highest BCUT2D eigenvalue weighted by atomic mass is 15.3. The van der Waals surface area contributed by atoms with Gasteiger partial charge in [-0.15, -0.1) is 10.2 Å². The van der Waals surface area contributed by atoms with Gasteiger partial charge in [0.15, 0.2) is 11.5 Å². The molecule has 36 heavy (non-hydrogen) atoms. The van der Waals surface area contributed by atoms with Crippen molar-refractivity contribution in [2.45, 2.75) is 24.8 Å². The smallest absolute Gasteiger partial charge is 0.187 e. The SMILES string of the molecule is NC1(c2ccc(-c3nc4ccn5c(-c6ccccn6)nnc5c4cc3-c3ccccc3)cc2)CCC1. The predicted octanol–water partition coefficient (Wildman–Crippen LogP) is 6.01. The maximum Gasteiger partial charge on any atom is 0.187 e. The van der Waals surface area contributed by atoms with Gasteiger partial charge in [0.05, 0.1) is 11.2 Å². The average molecular weight is 469 g/mol. The highest BCUT2D eigenvalue weighted by molar-refractivity contribution is 5.98. The number of hydrogen-bond acceptors (Lipinski definition) is 5. The van der Waals surface area contributed by atoms with Crippen LogP contribution in [0.2, 0.25) is 0 Å². The van der Waals surface area contributed by atoms with Crippen LogP contribution in [0.3, 0.4) is 0 Å². The topological polar surface area (TPSA) is 82.0 Å². The first-order valence-corrected chi connectivity index (χ1v) is 12.2. The van der Waals surface area contributed by atoms with Crippen molar-refractivity contribution < 1.29 is 0 Å². The van der Waals surface area contributed by atoms with Crippen LogP contribution >= 0.6 is 0 Å². The lowest BCUT2D eigenvalue weighted by molar-refractivity contribution is 0.253. The summed E-state index contributed by atoms with van der Waals surface area (Å²) in [7, 11) is 0. The quantitative estimate of drug-likeness (QED) is 0.343. The Labute approximate surface area is 208 Å². The molecule has 1 aliphatic rings. The summed E-state index contributed by atoms with van der Waals surface area (Å²) in [6.07, 6.45) is 7.02. The molecule has 6 nitrogen and oxygen atoms in total. The fourth-order valence-corrected chi connectivity index (χ4v) is 5.13. The normalized spacial score (nSPS) is 14.7. The fourth-order valence-electron chi connectivity index (χ4n) is 5.13. The van der Waals surface area contributed by atoms with Crippen LogP contribution in [-0.4, -0.2) is 24.6 Å². The molecule has 2 N–H and O–H groups in total. The second-order valence-corrected chi connectivity index (χ2v) is 9.52. The first-order valence-electron chi connectivity index (χ1n) is 12.2. The first kappa shape index (κ1) is 20.9. The molecule has 174 valence electrons. The van der Waals surface area contributed by atoms with E-state index in [4.69, 9.17) is 10.7 Å². The molecule has 1 saturated carbocycles. The first-order chi connectivity index (χ1) is 17.7. The highest BCUT2D eigenvalue weighted by Crippen LogP contribution is 2.40. The highest BCUT2D eigenvalue weighted by Gasteiger charge is 2.34. The van der Waals surface area contributed by atoms with Gasteiger partial charge in [-0.2, -0.15) is 0 Å². The Balaban J connectivity index is 1.43. The summed E-state index contributed by atoms with van der Waals surface area (Å²) in [5.74, 6) is 0.708. The van der Waals surface area contributed by atoms with Gasteiger partial charge in [0.1, 0.15) is 5.69 Å². The number of benzene rings is 2. The molecule has 2 aromatic carbocycles. The third-order valence-corrected chi connectivity index (χ3v) is 7.33. The van der Waals surface area contributed by atoms with E-state index in [1.807, 2.05) is 40.9 Å². The number of fused-ring (bicyclic) bond motifs is 3. The molecule has 6 aromatic rings. The lowest BCUT2D eigenvalue weighted by Crippen LogP contribution is -2.43. The van der Waals surface area contributed by atoms with E-state index in [9.17, 15) is 0 Å². The van der Waals surface area contributed by atoms with Crippen LogP contribution in [0.1, 0.15) is 24.8 Å². The van der Waals surface area contributed by atoms with Crippen molar-refractivity contribution >= 4 is 16.6 Å². The summed E-state index contributed by atoms with van der Waals surface area (Å²) in [6.45, 7) is 0. The van der Waals surface area contributed by atoms with E-state index in [-0.39, 0.29) is 5.54 Å². The molecule has 0 aliphatic heterocycles. The lowest BCUT2D eigenvalue weighted by atomic mass is 9.72. The largest absolute Gasteiger partial charge is 0.321 e. The van der Waals surface area contributed by atoms with E-state index in [1.165, 1.54) is 12.0 Å². The number of rotatable bonds is 4. The van der Waals surface area contributed by atoms with Crippen molar-refractivity contribution in [3.63, 3.8) is 0 Å². The second-order valence-electron chi connectivity index (χ2n) is 9.52. The van der Waals surface area contributed by atoms with Gasteiger partial charge >= 0.3 is 0 Å². The van der Waals surface area contributed by atoms with Crippen molar-refractivity contribution in [3.05, 3.63) is 103 Å². The monoisotopic (exact) mass is 468 g/mol. The minimum atomic E-state index is -0.178. The van der Waals surface area contributed by atoms with Crippen LogP contribution in [0.15, 0.2) is 97.3 Å². The van der Waals surface area contributed by atoms with E-state index < -0.39 is 0 Å². The molecule has 0 spiro atoms. The van der Waals surface area contributed by atoms with Crippen LogP contribution in [-0.2, 0) is 5.54 Å². The maximum atomic E-state index is 6.57. The van der Waals surface area contributed by atoms with Gasteiger partial charge in [-0.1, -0.05) is 60.7 Å². The van der Waals surface area contributed by atoms with Crippen LogP contribution < -0.4 is 5.73 Å². The molecule has 0 radical (unpaired) electrons. The Kier molecular flexibility index (Phi) is 4.69. The minimum absolute atomic E-state index is 0.178. The molecule has 7 rings (SSSR count). The lowest BCUT2D eigenvalue weighted by Gasteiger charge is -2.38. The van der Waals surface area contributed by atoms with Crippen molar-refractivity contribution in [1.29, 1.82) is 0 Å². The van der Waals surface area contributed by atoms with Gasteiger partial charge in [-0.3, -0.25) is 9.38 Å². The fraction of sp³-hybridized carbons (Fsp3) is 0.133. The third kappa shape index (κ3) is 3.30. The Morgan fingerprint density at radius 2 is 1.61 bits per heavy atom. The van der Waals surface area contributed by atoms with Gasteiger partial charge in [0, 0.05) is 34.4 Å². The summed E-state index contributed by atoms with van der Waals surface area (Å²) in [5, 5.41) is 9.94.